The molecule has 1 fully saturated rings. The normalized spacial score (nSPS) is 15.9. The van der Waals surface area contributed by atoms with E-state index in [1.807, 2.05) is 19.1 Å². The van der Waals surface area contributed by atoms with Crippen molar-refractivity contribution in [3.63, 3.8) is 0 Å². The van der Waals surface area contributed by atoms with Crippen molar-refractivity contribution >= 4 is 41.2 Å². The van der Waals surface area contributed by atoms with E-state index in [0.29, 0.717) is 22.0 Å². The number of benzene rings is 2. The van der Waals surface area contributed by atoms with Crippen LogP contribution in [0.2, 0.25) is 5.02 Å². The number of halogens is 1. The molecule has 0 bridgehead atoms. The van der Waals surface area contributed by atoms with Gasteiger partial charge in [-0.25, -0.2) is 9.69 Å². The zero-order valence-electron chi connectivity index (χ0n) is 14.8. The van der Waals surface area contributed by atoms with Crippen LogP contribution < -0.4 is 15.0 Å². The highest BCUT2D eigenvalue weighted by Crippen LogP contribution is 2.27. The van der Waals surface area contributed by atoms with E-state index in [0.717, 1.165) is 16.9 Å². The van der Waals surface area contributed by atoms with Crippen molar-refractivity contribution in [3.05, 3.63) is 64.2 Å². The number of hydrogen-bond donors (Lipinski definition) is 1. The molecule has 1 aliphatic rings. The molecule has 1 heterocycles. The highest BCUT2D eigenvalue weighted by molar-refractivity contribution is 6.39. The van der Waals surface area contributed by atoms with E-state index >= 15 is 0 Å². The molecule has 3 rings (SSSR count). The third kappa shape index (κ3) is 3.71. The summed E-state index contributed by atoms with van der Waals surface area (Å²) in [5, 5.41) is 2.54. The monoisotopic (exact) mass is 384 g/mol. The van der Waals surface area contributed by atoms with Gasteiger partial charge in [0.1, 0.15) is 11.3 Å². The predicted molar refractivity (Wildman–Crippen MR) is 103 cm³/mol. The molecule has 138 valence electrons. The van der Waals surface area contributed by atoms with Gasteiger partial charge in [0.25, 0.3) is 11.8 Å². The van der Waals surface area contributed by atoms with E-state index in [2.05, 4.69) is 5.32 Å². The smallest absolute Gasteiger partial charge is 0.335 e. The van der Waals surface area contributed by atoms with Crippen LogP contribution in [-0.2, 0) is 16.0 Å². The number of ether oxygens (including phenoxy) is 1. The Morgan fingerprint density at radius 2 is 1.81 bits per heavy atom. The number of rotatable bonds is 4. The number of barbiturate groups is 1. The third-order valence-electron chi connectivity index (χ3n) is 4.19. The van der Waals surface area contributed by atoms with Gasteiger partial charge in [0, 0.05) is 0 Å². The Morgan fingerprint density at radius 1 is 1.11 bits per heavy atom. The predicted octanol–water partition coefficient (Wildman–Crippen LogP) is 3.58. The lowest BCUT2D eigenvalue weighted by molar-refractivity contribution is -0.122. The molecule has 0 atom stereocenters. The maximum absolute atomic E-state index is 12.8. The van der Waals surface area contributed by atoms with Gasteiger partial charge in [-0.2, -0.15) is 0 Å². The second-order valence-corrected chi connectivity index (χ2v) is 6.28. The highest BCUT2D eigenvalue weighted by Gasteiger charge is 2.36. The third-order valence-corrected chi connectivity index (χ3v) is 4.49. The van der Waals surface area contributed by atoms with Gasteiger partial charge in [0.2, 0.25) is 0 Å². The number of urea groups is 1. The van der Waals surface area contributed by atoms with Crippen molar-refractivity contribution in [2.45, 2.75) is 13.3 Å². The molecule has 0 saturated carbocycles. The van der Waals surface area contributed by atoms with E-state index in [1.165, 1.54) is 13.2 Å². The van der Waals surface area contributed by atoms with Crippen LogP contribution in [0.4, 0.5) is 10.5 Å². The fraction of sp³-hybridized carbons (Fsp3) is 0.150. The molecule has 27 heavy (non-hydrogen) atoms. The summed E-state index contributed by atoms with van der Waals surface area (Å²) >= 11 is 6.09. The Kier molecular flexibility index (Phi) is 5.28. The zero-order valence-corrected chi connectivity index (χ0v) is 15.5. The molecule has 0 aromatic heterocycles. The summed E-state index contributed by atoms with van der Waals surface area (Å²) in [6.45, 7) is 2.01. The van der Waals surface area contributed by atoms with Crippen molar-refractivity contribution in [2.75, 3.05) is 12.0 Å². The molecule has 1 aliphatic heterocycles. The van der Waals surface area contributed by atoms with Crippen LogP contribution in [0.5, 0.6) is 5.75 Å². The van der Waals surface area contributed by atoms with Crippen molar-refractivity contribution in [1.82, 2.24) is 5.32 Å². The van der Waals surface area contributed by atoms with Gasteiger partial charge in [0.05, 0.1) is 17.8 Å². The average molecular weight is 385 g/mol. The molecule has 2 aromatic carbocycles. The maximum atomic E-state index is 12.8. The Hall–Kier alpha value is -3.12. The molecule has 0 unspecified atom stereocenters. The summed E-state index contributed by atoms with van der Waals surface area (Å²) in [6, 6.07) is 11.1. The molecule has 0 aliphatic carbocycles. The summed E-state index contributed by atoms with van der Waals surface area (Å²) in [6.07, 6.45) is 2.23. The van der Waals surface area contributed by atoms with Gasteiger partial charge in [-0.15, -0.1) is 0 Å². The minimum absolute atomic E-state index is 0.157. The van der Waals surface area contributed by atoms with Crippen LogP contribution in [0.15, 0.2) is 48.0 Å². The lowest BCUT2D eigenvalue weighted by Crippen LogP contribution is -2.54. The number of nitrogens with one attached hydrogen (secondary N) is 1. The topological polar surface area (TPSA) is 75.7 Å². The lowest BCUT2D eigenvalue weighted by atomic mass is 10.1. The van der Waals surface area contributed by atoms with Crippen LogP contribution in [0.25, 0.3) is 6.08 Å². The van der Waals surface area contributed by atoms with E-state index in [4.69, 9.17) is 16.3 Å². The van der Waals surface area contributed by atoms with Gasteiger partial charge < -0.3 is 4.74 Å². The molecule has 4 amide bonds. The second-order valence-electron chi connectivity index (χ2n) is 5.87. The van der Waals surface area contributed by atoms with Crippen molar-refractivity contribution in [3.8, 4) is 5.75 Å². The zero-order chi connectivity index (χ0) is 19.6. The van der Waals surface area contributed by atoms with Crippen LogP contribution in [0, 0.1) is 0 Å². The fourth-order valence-electron chi connectivity index (χ4n) is 2.71. The van der Waals surface area contributed by atoms with Crippen LogP contribution in [0.1, 0.15) is 18.1 Å². The first-order valence-electron chi connectivity index (χ1n) is 8.28. The second kappa shape index (κ2) is 7.63. The molecule has 6 nitrogen and oxygen atoms in total. The minimum Gasteiger partial charge on any atom is -0.495 e. The number of carbonyl (C=O) groups is 3. The SMILES string of the molecule is CCc1ccc(N2C(=O)NC(=O)C(=Cc3ccc(OC)c(Cl)c3)C2=O)cc1. The molecular formula is C20H17ClN2O4. The molecule has 0 radical (unpaired) electrons. The summed E-state index contributed by atoms with van der Waals surface area (Å²) in [5.41, 5.74) is 1.84. The summed E-state index contributed by atoms with van der Waals surface area (Å²) in [4.78, 5) is 38.2. The van der Waals surface area contributed by atoms with Gasteiger partial charge in [-0.3, -0.25) is 14.9 Å². The first-order chi connectivity index (χ1) is 12.9. The number of anilines is 1. The first-order valence-corrected chi connectivity index (χ1v) is 8.66. The number of hydrogen-bond acceptors (Lipinski definition) is 4. The molecule has 0 spiro atoms. The molecular weight excluding hydrogens is 368 g/mol. The molecule has 7 heteroatoms. The Morgan fingerprint density at radius 3 is 2.41 bits per heavy atom. The Bertz CT molecular complexity index is 951. The fourth-order valence-corrected chi connectivity index (χ4v) is 2.98. The van der Waals surface area contributed by atoms with Gasteiger partial charge >= 0.3 is 6.03 Å². The molecule has 1 N–H and O–H groups in total. The summed E-state index contributed by atoms with van der Waals surface area (Å²) in [7, 11) is 1.49. The maximum Gasteiger partial charge on any atom is 0.335 e. The minimum atomic E-state index is -0.779. The first kappa shape index (κ1) is 18.7. The van der Waals surface area contributed by atoms with E-state index < -0.39 is 17.8 Å². The van der Waals surface area contributed by atoms with Crippen LogP contribution in [0.3, 0.4) is 0 Å². The quantitative estimate of drug-likeness (QED) is 0.645. The summed E-state index contributed by atoms with van der Waals surface area (Å²) < 4.78 is 5.09. The van der Waals surface area contributed by atoms with Gasteiger partial charge in [-0.05, 0) is 47.9 Å². The number of carbonyl (C=O) groups excluding carboxylic acids is 3. The van der Waals surface area contributed by atoms with Crippen LogP contribution >= 0.6 is 11.6 Å². The Labute approximate surface area is 161 Å². The Balaban J connectivity index is 1.97. The standard InChI is InChI=1S/C20H17ClN2O4/c1-3-12-4-7-14(8-5-12)23-19(25)15(18(24)22-20(23)26)10-13-6-9-17(27-2)16(21)11-13/h4-11H,3H2,1-2H3,(H,22,24,26). The number of amides is 4. The van der Waals surface area contributed by atoms with Crippen molar-refractivity contribution in [1.29, 1.82) is 0 Å². The molecule has 2 aromatic rings. The number of nitrogens with zero attached hydrogens (tertiary/aromatic N) is 1. The summed E-state index contributed by atoms with van der Waals surface area (Å²) in [5.74, 6) is -0.968. The van der Waals surface area contributed by atoms with Crippen molar-refractivity contribution < 1.29 is 19.1 Å². The van der Waals surface area contributed by atoms with Crippen LogP contribution in [-0.4, -0.2) is 25.0 Å². The van der Waals surface area contributed by atoms with Gasteiger partial charge in [-0.1, -0.05) is 36.7 Å². The largest absolute Gasteiger partial charge is 0.495 e. The van der Waals surface area contributed by atoms with E-state index in [9.17, 15) is 14.4 Å². The van der Waals surface area contributed by atoms with E-state index in [-0.39, 0.29) is 5.57 Å². The van der Waals surface area contributed by atoms with Crippen molar-refractivity contribution in [2.24, 2.45) is 0 Å². The van der Waals surface area contributed by atoms with Gasteiger partial charge in [0.15, 0.2) is 0 Å². The molecule has 1 saturated heterocycles. The lowest BCUT2D eigenvalue weighted by Gasteiger charge is -2.26. The number of aryl methyl sites for hydroxylation is 1. The number of imide groups is 2. The average Bonchev–Trinajstić information content (AvgIpc) is 2.65. The number of methoxy groups -OCH3 is 1. The van der Waals surface area contributed by atoms with E-state index in [1.54, 1.807) is 30.3 Å². The highest BCUT2D eigenvalue weighted by atomic mass is 35.5.